The Kier molecular flexibility index (Phi) is 6.39. The molecule has 146 valence electrons. The molecule has 1 fully saturated rings. The summed E-state index contributed by atoms with van der Waals surface area (Å²) in [5.74, 6) is 0.568. The Morgan fingerprint density at radius 1 is 1.33 bits per heavy atom. The minimum atomic E-state index is -2.85. The molecule has 0 atom stereocenters. The molecule has 0 aliphatic carbocycles. The van der Waals surface area contributed by atoms with Crippen LogP contribution in [0.1, 0.15) is 31.2 Å². The number of hydrogen-bond donors (Lipinski definition) is 2. The van der Waals surface area contributed by atoms with Gasteiger partial charge in [-0.1, -0.05) is 0 Å². The highest BCUT2D eigenvalue weighted by Gasteiger charge is 2.13. The molecule has 1 amide bonds. The van der Waals surface area contributed by atoms with E-state index < -0.39 is 6.61 Å². The summed E-state index contributed by atoms with van der Waals surface area (Å²) in [7, 11) is 0. The Balaban J connectivity index is 1.53. The molecule has 1 aliphatic rings. The van der Waals surface area contributed by atoms with Gasteiger partial charge in [0.25, 0.3) is 0 Å². The van der Waals surface area contributed by atoms with Crippen molar-refractivity contribution in [1.29, 1.82) is 0 Å². The zero-order valence-corrected chi connectivity index (χ0v) is 15.3. The van der Waals surface area contributed by atoms with E-state index in [2.05, 4.69) is 25.2 Å². The van der Waals surface area contributed by atoms with E-state index in [1.165, 1.54) is 25.0 Å². The highest BCUT2D eigenvalue weighted by Crippen LogP contribution is 2.27. The highest BCUT2D eigenvalue weighted by atomic mass is 19.3. The van der Waals surface area contributed by atoms with E-state index >= 15 is 0 Å². The summed E-state index contributed by atoms with van der Waals surface area (Å²) < 4.78 is 29.0. The van der Waals surface area contributed by atoms with E-state index in [9.17, 15) is 13.6 Å². The van der Waals surface area contributed by atoms with Crippen LogP contribution in [0.2, 0.25) is 0 Å². The third-order valence-electron chi connectivity index (χ3n) is 4.63. The first-order chi connectivity index (χ1) is 13.0. The number of likely N-dealkylation sites (tertiary alicyclic amines) is 1. The van der Waals surface area contributed by atoms with Crippen LogP contribution in [0.25, 0.3) is 11.3 Å². The fraction of sp³-hybridized carbons (Fsp3) is 0.474. The lowest BCUT2D eigenvalue weighted by molar-refractivity contribution is -0.116. The van der Waals surface area contributed by atoms with Gasteiger partial charge in [0.2, 0.25) is 5.91 Å². The van der Waals surface area contributed by atoms with Gasteiger partial charge >= 0.3 is 6.61 Å². The van der Waals surface area contributed by atoms with Crippen molar-refractivity contribution in [2.24, 2.45) is 0 Å². The normalized spacial score (nSPS) is 14.7. The molecule has 27 heavy (non-hydrogen) atoms. The lowest BCUT2D eigenvalue weighted by Crippen LogP contribution is -2.22. The molecule has 0 saturated carbocycles. The quantitative estimate of drug-likeness (QED) is 0.733. The van der Waals surface area contributed by atoms with Gasteiger partial charge in [0.05, 0.1) is 5.69 Å². The molecule has 0 bridgehead atoms. The van der Waals surface area contributed by atoms with Crippen LogP contribution in [0.5, 0.6) is 5.75 Å². The van der Waals surface area contributed by atoms with E-state index in [1.807, 2.05) is 0 Å². The average molecular weight is 378 g/mol. The molecule has 0 radical (unpaired) electrons. The fourth-order valence-corrected chi connectivity index (χ4v) is 3.31. The first-order valence-corrected chi connectivity index (χ1v) is 9.15. The summed E-state index contributed by atoms with van der Waals surface area (Å²) in [5.41, 5.74) is 2.16. The van der Waals surface area contributed by atoms with Gasteiger partial charge in [0, 0.05) is 18.1 Å². The minimum absolute atomic E-state index is 0.0539. The second-order valence-corrected chi connectivity index (χ2v) is 6.72. The zero-order valence-electron chi connectivity index (χ0n) is 15.3. The molecule has 2 N–H and O–H groups in total. The molecule has 0 unspecified atom stereocenters. The minimum Gasteiger partial charge on any atom is -0.435 e. The number of anilines is 1. The van der Waals surface area contributed by atoms with Crippen molar-refractivity contribution in [3.63, 3.8) is 0 Å². The zero-order chi connectivity index (χ0) is 19.2. The van der Waals surface area contributed by atoms with Gasteiger partial charge in [-0.3, -0.25) is 9.89 Å². The first kappa shape index (κ1) is 19.3. The van der Waals surface area contributed by atoms with Crippen molar-refractivity contribution in [3.05, 3.63) is 29.8 Å². The Morgan fingerprint density at radius 2 is 2.11 bits per heavy atom. The number of halogens is 2. The van der Waals surface area contributed by atoms with E-state index in [0.717, 1.165) is 37.2 Å². The number of benzene rings is 1. The number of nitrogens with one attached hydrogen (secondary N) is 2. The number of rotatable bonds is 8. The number of amides is 1. The number of aromatic nitrogens is 2. The number of ether oxygens (including phenoxy) is 1. The highest BCUT2D eigenvalue weighted by molar-refractivity contribution is 5.90. The van der Waals surface area contributed by atoms with Crippen LogP contribution in [0.3, 0.4) is 0 Å². The number of aryl methyl sites for hydroxylation is 1. The van der Waals surface area contributed by atoms with Gasteiger partial charge in [0.15, 0.2) is 0 Å². The maximum absolute atomic E-state index is 12.3. The van der Waals surface area contributed by atoms with Crippen molar-refractivity contribution in [1.82, 2.24) is 15.1 Å². The molecule has 3 rings (SSSR count). The number of carbonyl (C=O) groups excluding carboxylic acids is 1. The maximum atomic E-state index is 12.3. The van der Waals surface area contributed by atoms with Crippen molar-refractivity contribution >= 4 is 11.7 Å². The third kappa shape index (κ3) is 5.50. The van der Waals surface area contributed by atoms with Crippen LogP contribution < -0.4 is 10.1 Å². The van der Waals surface area contributed by atoms with Gasteiger partial charge in [0.1, 0.15) is 11.6 Å². The Labute approximate surface area is 156 Å². The summed E-state index contributed by atoms with van der Waals surface area (Å²) in [5, 5.41) is 9.81. The van der Waals surface area contributed by atoms with Gasteiger partial charge in [-0.25, -0.2) is 0 Å². The summed E-state index contributed by atoms with van der Waals surface area (Å²) in [4.78, 5) is 14.5. The fourth-order valence-electron chi connectivity index (χ4n) is 3.31. The summed E-state index contributed by atoms with van der Waals surface area (Å²) in [6, 6.07) is 6.41. The largest absolute Gasteiger partial charge is 0.435 e. The molecule has 2 aromatic rings. The van der Waals surface area contributed by atoms with Crippen molar-refractivity contribution in [2.75, 3.05) is 25.0 Å². The van der Waals surface area contributed by atoms with Gasteiger partial charge in [-0.2, -0.15) is 13.9 Å². The second-order valence-electron chi connectivity index (χ2n) is 6.72. The summed E-state index contributed by atoms with van der Waals surface area (Å²) >= 11 is 0. The number of H-pyrrole nitrogens is 1. The topological polar surface area (TPSA) is 70.2 Å². The molecule has 2 heterocycles. The number of carbonyl (C=O) groups is 1. The monoisotopic (exact) mass is 378 g/mol. The van der Waals surface area contributed by atoms with Crippen molar-refractivity contribution in [3.8, 4) is 17.0 Å². The average Bonchev–Trinajstić information content (AvgIpc) is 3.26. The van der Waals surface area contributed by atoms with E-state index in [-0.39, 0.29) is 11.7 Å². The van der Waals surface area contributed by atoms with Crippen LogP contribution in [0.15, 0.2) is 24.3 Å². The standard InChI is InChI=1S/C19H24F2N4O2/c1-13-11-14(27-19(20)21)6-7-15(13)16-12-17(24-23-16)22-18(26)5-4-10-25-8-2-3-9-25/h6-7,11-12,19H,2-5,8-10H2,1H3,(H2,22,23,24,26). The molecular weight excluding hydrogens is 354 g/mol. The smallest absolute Gasteiger partial charge is 0.387 e. The van der Waals surface area contributed by atoms with E-state index in [0.29, 0.717) is 17.9 Å². The third-order valence-corrected chi connectivity index (χ3v) is 4.63. The van der Waals surface area contributed by atoms with Crippen LogP contribution in [-0.4, -0.2) is 47.3 Å². The lowest BCUT2D eigenvalue weighted by atomic mass is 10.1. The molecular formula is C19H24F2N4O2. The predicted octanol–water partition coefficient (Wildman–Crippen LogP) is 3.80. The molecule has 1 saturated heterocycles. The van der Waals surface area contributed by atoms with Gasteiger partial charge in [-0.15, -0.1) is 0 Å². The molecule has 8 heteroatoms. The van der Waals surface area contributed by atoms with E-state index in [4.69, 9.17) is 0 Å². The molecule has 1 aliphatic heterocycles. The number of alkyl halides is 2. The van der Waals surface area contributed by atoms with Crippen LogP contribution in [0.4, 0.5) is 14.6 Å². The van der Waals surface area contributed by atoms with Crippen LogP contribution >= 0.6 is 0 Å². The van der Waals surface area contributed by atoms with Crippen molar-refractivity contribution < 1.29 is 18.3 Å². The Hall–Kier alpha value is -2.48. The number of hydrogen-bond acceptors (Lipinski definition) is 4. The Morgan fingerprint density at radius 3 is 2.81 bits per heavy atom. The Bertz CT molecular complexity index is 773. The van der Waals surface area contributed by atoms with Gasteiger partial charge in [-0.05, 0) is 69.6 Å². The number of aromatic amines is 1. The lowest BCUT2D eigenvalue weighted by Gasteiger charge is -2.13. The van der Waals surface area contributed by atoms with Crippen molar-refractivity contribution in [2.45, 2.75) is 39.2 Å². The van der Waals surface area contributed by atoms with Gasteiger partial charge < -0.3 is 15.0 Å². The summed E-state index contributed by atoms with van der Waals surface area (Å²) in [6.07, 6.45) is 3.79. The first-order valence-electron chi connectivity index (χ1n) is 9.15. The SMILES string of the molecule is Cc1cc(OC(F)F)ccc1-c1cc(NC(=O)CCCN2CCCC2)[nH]n1. The molecule has 6 nitrogen and oxygen atoms in total. The predicted molar refractivity (Wildman–Crippen MR) is 98.9 cm³/mol. The number of nitrogens with zero attached hydrogens (tertiary/aromatic N) is 2. The molecule has 1 aromatic heterocycles. The second kappa shape index (κ2) is 8.94. The van der Waals surface area contributed by atoms with E-state index in [1.54, 1.807) is 19.1 Å². The van der Waals surface area contributed by atoms with Crippen LogP contribution in [-0.2, 0) is 4.79 Å². The molecule has 1 aromatic carbocycles. The van der Waals surface area contributed by atoms with Crippen LogP contribution in [0, 0.1) is 6.92 Å². The maximum Gasteiger partial charge on any atom is 0.387 e. The molecule has 0 spiro atoms. The summed E-state index contributed by atoms with van der Waals surface area (Å²) in [6.45, 7) is 2.15.